The second kappa shape index (κ2) is 7.72. The Morgan fingerprint density at radius 3 is 2.62 bits per heavy atom. The van der Waals surface area contributed by atoms with E-state index < -0.39 is 0 Å². The molecule has 0 bridgehead atoms. The second-order valence-corrected chi connectivity index (χ2v) is 6.55. The van der Waals surface area contributed by atoms with Crippen molar-refractivity contribution in [1.82, 2.24) is 25.5 Å². The predicted molar refractivity (Wildman–Crippen MR) is 89.2 cm³/mol. The van der Waals surface area contributed by atoms with Crippen molar-refractivity contribution in [1.29, 1.82) is 0 Å². The Hall–Kier alpha value is -1.99. The highest BCUT2D eigenvalue weighted by molar-refractivity contribution is 6.30. The first-order valence-corrected chi connectivity index (χ1v) is 8.46. The van der Waals surface area contributed by atoms with Crippen LogP contribution in [0.3, 0.4) is 0 Å². The molecule has 1 aliphatic rings. The number of hydrogen-bond donors (Lipinski definition) is 2. The first-order valence-electron chi connectivity index (χ1n) is 8.08. The van der Waals surface area contributed by atoms with Crippen LogP contribution in [0.15, 0.2) is 24.3 Å². The number of aromatic nitrogens is 4. The minimum absolute atomic E-state index is 0.0422. The number of amides is 1. The molecule has 8 heteroatoms. The smallest absolute Gasteiger partial charge is 0.243 e. The van der Waals surface area contributed by atoms with Crippen LogP contribution < -0.4 is 5.32 Å². The van der Waals surface area contributed by atoms with Gasteiger partial charge in [0.1, 0.15) is 6.54 Å². The molecule has 2 N–H and O–H groups in total. The van der Waals surface area contributed by atoms with Gasteiger partial charge in [-0.15, -0.1) is 10.2 Å². The Labute approximate surface area is 145 Å². The maximum Gasteiger partial charge on any atom is 0.243 e. The molecular formula is C16H20ClN5O2. The molecule has 128 valence electrons. The average Bonchev–Trinajstić information content (AvgIpc) is 3.04. The third-order valence-corrected chi connectivity index (χ3v) is 4.56. The normalized spacial score (nSPS) is 20.8. The highest BCUT2D eigenvalue weighted by Gasteiger charge is 2.22. The lowest BCUT2D eigenvalue weighted by atomic mass is 9.86. The van der Waals surface area contributed by atoms with Gasteiger partial charge in [-0.2, -0.15) is 4.80 Å². The molecule has 0 unspecified atom stereocenters. The SMILES string of the molecule is O=C(Cn1nnc(-c2ccc(Cl)cc2)n1)NC1CCC(CO)CC1. The number of nitrogens with zero attached hydrogens (tertiary/aromatic N) is 4. The number of benzene rings is 1. The molecule has 1 fully saturated rings. The van der Waals surface area contributed by atoms with Crippen molar-refractivity contribution in [3.8, 4) is 11.4 Å². The second-order valence-electron chi connectivity index (χ2n) is 6.12. The van der Waals surface area contributed by atoms with Crippen molar-refractivity contribution >= 4 is 17.5 Å². The monoisotopic (exact) mass is 349 g/mol. The molecule has 2 aromatic rings. The Kier molecular flexibility index (Phi) is 5.42. The molecule has 3 rings (SSSR count). The molecule has 0 radical (unpaired) electrons. The number of hydrogen-bond acceptors (Lipinski definition) is 5. The molecule has 0 saturated heterocycles. The predicted octanol–water partition coefficient (Wildman–Crippen LogP) is 1.66. The number of nitrogens with one attached hydrogen (secondary N) is 1. The van der Waals surface area contributed by atoms with Gasteiger partial charge >= 0.3 is 0 Å². The molecule has 1 aromatic carbocycles. The molecule has 1 saturated carbocycles. The lowest BCUT2D eigenvalue weighted by Gasteiger charge is -2.27. The van der Waals surface area contributed by atoms with Gasteiger partial charge < -0.3 is 10.4 Å². The third-order valence-electron chi connectivity index (χ3n) is 4.31. The van der Waals surface area contributed by atoms with Crippen molar-refractivity contribution in [2.75, 3.05) is 6.61 Å². The van der Waals surface area contributed by atoms with Crippen molar-refractivity contribution in [3.05, 3.63) is 29.3 Å². The lowest BCUT2D eigenvalue weighted by Crippen LogP contribution is -2.40. The van der Waals surface area contributed by atoms with Crippen LogP contribution in [0, 0.1) is 5.92 Å². The molecule has 7 nitrogen and oxygen atoms in total. The van der Waals surface area contributed by atoms with Gasteiger partial charge in [-0.05, 0) is 61.1 Å². The third kappa shape index (κ3) is 4.30. The van der Waals surface area contributed by atoms with E-state index in [2.05, 4.69) is 20.7 Å². The largest absolute Gasteiger partial charge is 0.396 e. The summed E-state index contributed by atoms with van der Waals surface area (Å²) < 4.78 is 0. The summed E-state index contributed by atoms with van der Waals surface area (Å²) in [5.41, 5.74) is 0.799. The summed E-state index contributed by atoms with van der Waals surface area (Å²) in [7, 11) is 0. The molecule has 0 atom stereocenters. The van der Waals surface area contributed by atoms with Crippen molar-refractivity contribution in [2.24, 2.45) is 5.92 Å². The molecule has 1 heterocycles. The van der Waals surface area contributed by atoms with Crippen molar-refractivity contribution in [2.45, 2.75) is 38.3 Å². The summed E-state index contributed by atoms with van der Waals surface area (Å²) in [5, 5.41) is 24.9. The summed E-state index contributed by atoms with van der Waals surface area (Å²) >= 11 is 5.86. The maximum absolute atomic E-state index is 12.1. The summed E-state index contributed by atoms with van der Waals surface area (Å²) in [5.74, 6) is 0.711. The first kappa shape index (κ1) is 16.9. The fourth-order valence-electron chi connectivity index (χ4n) is 2.92. The fourth-order valence-corrected chi connectivity index (χ4v) is 3.04. The maximum atomic E-state index is 12.1. The van der Waals surface area contributed by atoms with E-state index in [9.17, 15) is 4.79 Å². The van der Waals surface area contributed by atoms with Gasteiger partial charge in [-0.25, -0.2) is 0 Å². The van der Waals surface area contributed by atoms with Crippen LogP contribution in [0.2, 0.25) is 5.02 Å². The van der Waals surface area contributed by atoms with E-state index in [0.717, 1.165) is 31.2 Å². The van der Waals surface area contributed by atoms with E-state index in [1.54, 1.807) is 12.1 Å². The fraction of sp³-hybridized carbons (Fsp3) is 0.500. The van der Waals surface area contributed by atoms with Crippen LogP contribution in [-0.2, 0) is 11.3 Å². The Morgan fingerprint density at radius 2 is 1.96 bits per heavy atom. The minimum atomic E-state index is -0.123. The van der Waals surface area contributed by atoms with E-state index in [-0.39, 0.29) is 25.1 Å². The Bertz CT molecular complexity index is 680. The zero-order valence-corrected chi connectivity index (χ0v) is 14.0. The van der Waals surface area contributed by atoms with Crippen LogP contribution in [0.25, 0.3) is 11.4 Å². The van der Waals surface area contributed by atoms with E-state index in [0.29, 0.717) is 16.8 Å². The molecular weight excluding hydrogens is 330 g/mol. The van der Waals surface area contributed by atoms with Crippen LogP contribution in [-0.4, -0.2) is 43.9 Å². The molecule has 0 spiro atoms. The van der Waals surface area contributed by atoms with E-state index in [4.69, 9.17) is 16.7 Å². The number of carbonyl (C=O) groups is 1. The van der Waals surface area contributed by atoms with Gasteiger partial charge in [-0.1, -0.05) is 11.6 Å². The van der Waals surface area contributed by atoms with Crippen molar-refractivity contribution in [3.63, 3.8) is 0 Å². The minimum Gasteiger partial charge on any atom is -0.396 e. The molecule has 1 aromatic heterocycles. The number of rotatable bonds is 5. The van der Waals surface area contributed by atoms with Gasteiger partial charge in [0.05, 0.1) is 0 Å². The number of aliphatic hydroxyl groups excluding tert-OH is 1. The molecule has 0 aliphatic heterocycles. The summed E-state index contributed by atoms with van der Waals surface area (Å²) in [4.78, 5) is 13.4. The van der Waals surface area contributed by atoms with Gasteiger partial charge in [0.15, 0.2) is 0 Å². The lowest BCUT2D eigenvalue weighted by molar-refractivity contribution is -0.123. The van der Waals surface area contributed by atoms with Crippen LogP contribution in [0.1, 0.15) is 25.7 Å². The number of tetrazole rings is 1. The van der Waals surface area contributed by atoms with Crippen LogP contribution in [0.4, 0.5) is 0 Å². The average molecular weight is 350 g/mol. The van der Waals surface area contributed by atoms with Gasteiger partial charge in [-0.3, -0.25) is 4.79 Å². The zero-order valence-electron chi connectivity index (χ0n) is 13.2. The van der Waals surface area contributed by atoms with E-state index in [1.165, 1.54) is 4.80 Å². The standard InChI is InChI=1S/C16H20ClN5O2/c17-13-5-3-12(4-6-13)16-19-21-22(20-16)9-15(24)18-14-7-1-11(10-23)2-8-14/h3-6,11,14,23H,1-2,7-10H2,(H,18,24). The highest BCUT2D eigenvalue weighted by atomic mass is 35.5. The molecule has 1 amide bonds. The summed E-state index contributed by atoms with van der Waals surface area (Å²) in [6.07, 6.45) is 3.70. The molecule has 1 aliphatic carbocycles. The first-order chi connectivity index (χ1) is 11.6. The Morgan fingerprint density at radius 1 is 1.25 bits per heavy atom. The highest BCUT2D eigenvalue weighted by Crippen LogP contribution is 2.23. The Balaban J connectivity index is 1.53. The van der Waals surface area contributed by atoms with Crippen LogP contribution in [0.5, 0.6) is 0 Å². The number of carbonyl (C=O) groups excluding carboxylic acids is 1. The summed E-state index contributed by atoms with van der Waals surface area (Å²) in [6, 6.07) is 7.30. The zero-order chi connectivity index (χ0) is 16.9. The quantitative estimate of drug-likeness (QED) is 0.856. The van der Waals surface area contributed by atoms with Gasteiger partial charge in [0.2, 0.25) is 11.7 Å². The van der Waals surface area contributed by atoms with Gasteiger partial charge in [0.25, 0.3) is 0 Å². The van der Waals surface area contributed by atoms with Crippen molar-refractivity contribution < 1.29 is 9.90 Å². The number of aliphatic hydroxyl groups is 1. The summed E-state index contributed by atoms with van der Waals surface area (Å²) in [6.45, 7) is 0.275. The molecule has 24 heavy (non-hydrogen) atoms. The van der Waals surface area contributed by atoms with E-state index in [1.807, 2.05) is 12.1 Å². The van der Waals surface area contributed by atoms with Crippen LogP contribution >= 0.6 is 11.6 Å². The van der Waals surface area contributed by atoms with Gasteiger partial charge in [0, 0.05) is 23.2 Å². The van der Waals surface area contributed by atoms with E-state index >= 15 is 0 Å². The topological polar surface area (TPSA) is 92.9 Å². The number of halogens is 1.